The molecule has 2 aromatic heterocycles. The topological polar surface area (TPSA) is 45.6 Å². The van der Waals surface area contributed by atoms with E-state index in [-0.39, 0.29) is 5.75 Å². The van der Waals surface area contributed by atoms with Crippen molar-refractivity contribution < 1.29 is 9.84 Å². The lowest BCUT2D eigenvalue weighted by Gasteiger charge is -2.19. The lowest BCUT2D eigenvalue weighted by molar-refractivity contribution is 0.218. The maximum Gasteiger partial charge on any atom is 0.165 e. The average Bonchev–Trinajstić information content (AvgIpc) is 2.90. The molecule has 0 spiro atoms. The summed E-state index contributed by atoms with van der Waals surface area (Å²) in [4.78, 5) is 7.93. The molecule has 0 bridgehead atoms. The zero-order valence-electron chi connectivity index (χ0n) is 14.1. The van der Waals surface area contributed by atoms with Gasteiger partial charge < -0.3 is 9.84 Å². The molecule has 0 atom stereocenters. The minimum atomic E-state index is 0.200. The van der Waals surface area contributed by atoms with Gasteiger partial charge in [-0.15, -0.1) is 11.3 Å². The molecule has 1 aromatic carbocycles. The molecular formula is C20H20N2O2S. The Hall–Kier alpha value is -2.37. The van der Waals surface area contributed by atoms with Gasteiger partial charge in [0.1, 0.15) is 6.61 Å². The summed E-state index contributed by atoms with van der Waals surface area (Å²) in [6.45, 7) is 5.24. The number of aromatic nitrogens is 1. The molecule has 3 heterocycles. The van der Waals surface area contributed by atoms with Crippen LogP contribution in [0.25, 0.3) is 11.1 Å². The largest absolute Gasteiger partial charge is 0.504 e. The molecule has 0 aliphatic carbocycles. The van der Waals surface area contributed by atoms with E-state index in [1.165, 1.54) is 10.4 Å². The molecule has 0 radical (unpaired) electrons. The molecule has 1 aliphatic heterocycles. The van der Waals surface area contributed by atoms with Crippen LogP contribution in [0.2, 0.25) is 0 Å². The predicted octanol–water partition coefficient (Wildman–Crippen LogP) is 4.22. The minimum absolute atomic E-state index is 0.200. The van der Waals surface area contributed by atoms with Crippen LogP contribution in [0.15, 0.2) is 48.1 Å². The molecule has 25 heavy (non-hydrogen) atoms. The Bertz CT molecular complexity index is 877. The van der Waals surface area contributed by atoms with Gasteiger partial charge in [0.2, 0.25) is 0 Å². The quantitative estimate of drug-likeness (QED) is 0.767. The number of phenolic OH excluding ortho intramolecular Hbond substituents is 1. The number of thiophene rings is 1. The van der Waals surface area contributed by atoms with Crippen LogP contribution in [-0.2, 0) is 13.1 Å². The fourth-order valence-corrected chi connectivity index (χ4v) is 4.10. The number of nitrogens with zero attached hydrogens (tertiary/aromatic N) is 2. The van der Waals surface area contributed by atoms with Crippen molar-refractivity contribution in [2.75, 3.05) is 13.2 Å². The molecule has 0 saturated heterocycles. The van der Waals surface area contributed by atoms with E-state index in [1.54, 1.807) is 23.6 Å². The highest BCUT2D eigenvalue weighted by molar-refractivity contribution is 7.10. The SMILES string of the molecule is Cc1ccsc1CN1CCOc2c(O)cc(-c3cccnc3)cc2C1. The van der Waals surface area contributed by atoms with Gasteiger partial charge in [-0.2, -0.15) is 0 Å². The van der Waals surface area contributed by atoms with Gasteiger partial charge in [0, 0.05) is 48.0 Å². The number of fused-ring (bicyclic) bond motifs is 1. The molecule has 0 unspecified atom stereocenters. The van der Waals surface area contributed by atoms with Gasteiger partial charge in [-0.05, 0) is 47.7 Å². The molecule has 5 heteroatoms. The van der Waals surface area contributed by atoms with E-state index in [0.717, 1.165) is 36.3 Å². The standard InChI is InChI=1S/C20H20N2O2S/c1-14-4-8-25-19(14)13-22-6-7-24-20-17(12-22)9-16(10-18(20)23)15-3-2-5-21-11-15/h2-5,8-11,23H,6-7,12-13H2,1H3. The highest BCUT2D eigenvalue weighted by Crippen LogP contribution is 2.37. The average molecular weight is 352 g/mol. The number of ether oxygens (including phenoxy) is 1. The highest BCUT2D eigenvalue weighted by atomic mass is 32.1. The molecule has 1 aliphatic rings. The maximum absolute atomic E-state index is 10.4. The van der Waals surface area contributed by atoms with Crippen molar-refractivity contribution in [3.05, 3.63) is 64.1 Å². The molecular weight excluding hydrogens is 332 g/mol. The van der Waals surface area contributed by atoms with Crippen molar-refractivity contribution in [1.82, 2.24) is 9.88 Å². The van der Waals surface area contributed by atoms with E-state index < -0.39 is 0 Å². The molecule has 0 saturated carbocycles. The number of benzene rings is 1. The van der Waals surface area contributed by atoms with Gasteiger partial charge in [-0.25, -0.2) is 0 Å². The van der Waals surface area contributed by atoms with Crippen molar-refractivity contribution in [3.63, 3.8) is 0 Å². The van der Waals surface area contributed by atoms with Crippen LogP contribution in [0, 0.1) is 6.92 Å². The molecule has 0 fully saturated rings. The molecule has 128 valence electrons. The first-order chi connectivity index (χ1) is 12.2. The number of aryl methyl sites for hydroxylation is 1. The Morgan fingerprint density at radius 3 is 2.96 bits per heavy atom. The van der Waals surface area contributed by atoms with Crippen molar-refractivity contribution in [1.29, 1.82) is 0 Å². The molecule has 1 N–H and O–H groups in total. The monoisotopic (exact) mass is 352 g/mol. The van der Waals surface area contributed by atoms with Crippen LogP contribution in [-0.4, -0.2) is 28.1 Å². The van der Waals surface area contributed by atoms with Crippen molar-refractivity contribution in [2.45, 2.75) is 20.0 Å². The second kappa shape index (κ2) is 6.86. The lowest BCUT2D eigenvalue weighted by Crippen LogP contribution is -2.25. The van der Waals surface area contributed by atoms with E-state index in [9.17, 15) is 5.11 Å². The molecule has 3 aromatic rings. The summed E-state index contributed by atoms with van der Waals surface area (Å²) in [6, 6.07) is 9.92. The zero-order valence-corrected chi connectivity index (χ0v) is 14.9. The Kier molecular flexibility index (Phi) is 4.42. The fraction of sp³-hybridized carbons (Fsp3) is 0.250. The van der Waals surface area contributed by atoms with Crippen LogP contribution < -0.4 is 4.74 Å². The Morgan fingerprint density at radius 1 is 1.28 bits per heavy atom. The van der Waals surface area contributed by atoms with Crippen molar-refractivity contribution >= 4 is 11.3 Å². The first-order valence-corrected chi connectivity index (χ1v) is 9.23. The van der Waals surface area contributed by atoms with Crippen LogP contribution in [0.3, 0.4) is 0 Å². The third kappa shape index (κ3) is 3.38. The Balaban J connectivity index is 1.65. The van der Waals surface area contributed by atoms with E-state index in [1.807, 2.05) is 18.3 Å². The number of pyridine rings is 1. The van der Waals surface area contributed by atoms with Gasteiger partial charge in [-0.3, -0.25) is 9.88 Å². The molecule has 4 rings (SSSR count). The second-order valence-electron chi connectivity index (χ2n) is 6.31. The summed E-state index contributed by atoms with van der Waals surface area (Å²) in [5, 5.41) is 12.6. The Labute approximate surface area is 151 Å². The molecule has 4 nitrogen and oxygen atoms in total. The number of hydrogen-bond acceptors (Lipinski definition) is 5. The fourth-order valence-electron chi connectivity index (χ4n) is 3.16. The second-order valence-corrected chi connectivity index (χ2v) is 7.31. The molecule has 0 amide bonds. The summed E-state index contributed by atoms with van der Waals surface area (Å²) in [5.41, 5.74) is 4.31. The third-order valence-corrected chi connectivity index (χ3v) is 5.53. The van der Waals surface area contributed by atoms with E-state index in [4.69, 9.17) is 4.74 Å². The van der Waals surface area contributed by atoms with E-state index in [2.05, 4.69) is 34.3 Å². The summed E-state index contributed by atoms with van der Waals surface area (Å²) in [7, 11) is 0. The van der Waals surface area contributed by atoms with Gasteiger partial charge in [0.25, 0.3) is 0 Å². The first kappa shape index (κ1) is 16.1. The number of rotatable bonds is 3. The number of hydrogen-bond donors (Lipinski definition) is 1. The number of aromatic hydroxyl groups is 1. The van der Waals surface area contributed by atoms with Gasteiger partial charge >= 0.3 is 0 Å². The van der Waals surface area contributed by atoms with Crippen LogP contribution in [0.4, 0.5) is 0 Å². The predicted molar refractivity (Wildman–Crippen MR) is 100 cm³/mol. The maximum atomic E-state index is 10.4. The summed E-state index contributed by atoms with van der Waals surface area (Å²) in [6.07, 6.45) is 3.56. The normalized spacial score (nSPS) is 14.6. The van der Waals surface area contributed by atoms with E-state index in [0.29, 0.717) is 12.4 Å². The Morgan fingerprint density at radius 2 is 2.20 bits per heavy atom. The van der Waals surface area contributed by atoms with Gasteiger partial charge in [0.15, 0.2) is 11.5 Å². The highest BCUT2D eigenvalue weighted by Gasteiger charge is 2.20. The smallest absolute Gasteiger partial charge is 0.165 e. The van der Waals surface area contributed by atoms with Gasteiger partial charge in [-0.1, -0.05) is 6.07 Å². The number of phenols is 1. The summed E-state index contributed by atoms with van der Waals surface area (Å²) < 4.78 is 5.85. The zero-order chi connectivity index (χ0) is 17.2. The van der Waals surface area contributed by atoms with Crippen LogP contribution in [0.1, 0.15) is 16.0 Å². The summed E-state index contributed by atoms with van der Waals surface area (Å²) >= 11 is 1.79. The third-order valence-electron chi connectivity index (χ3n) is 4.52. The van der Waals surface area contributed by atoms with Crippen molar-refractivity contribution in [3.8, 4) is 22.6 Å². The van der Waals surface area contributed by atoms with E-state index >= 15 is 0 Å². The van der Waals surface area contributed by atoms with Gasteiger partial charge in [0.05, 0.1) is 0 Å². The van der Waals surface area contributed by atoms with Crippen molar-refractivity contribution in [2.24, 2.45) is 0 Å². The van der Waals surface area contributed by atoms with Crippen LogP contribution >= 0.6 is 11.3 Å². The summed E-state index contributed by atoms with van der Waals surface area (Å²) in [5.74, 6) is 0.809. The minimum Gasteiger partial charge on any atom is -0.504 e. The lowest BCUT2D eigenvalue weighted by atomic mass is 10.0. The van der Waals surface area contributed by atoms with Crippen LogP contribution in [0.5, 0.6) is 11.5 Å². The first-order valence-electron chi connectivity index (χ1n) is 8.35.